The highest BCUT2D eigenvalue weighted by atomic mass is 32.2. The summed E-state index contributed by atoms with van der Waals surface area (Å²) in [6.45, 7) is 7.16. The summed E-state index contributed by atoms with van der Waals surface area (Å²) in [5.41, 5.74) is -2.46. The molecule has 190 valence electrons. The van der Waals surface area contributed by atoms with E-state index in [1.165, 1.54) is 4.90 Å². The van der Waals surface area contributed by atoms with Crippen LogP contribution in [0.5, 0.6) is 5.75 Å². The first-order valence-electron chi connectivity index (χ1n) is 11.1. The minimum atomic E-state index is -3.46. The molecule has 2 aliphatic heterocycles. The largest absolute Gasteiger partial charge is 0.502 e. The number of rotatable bonds is 4. The number of ether oxygens (including phenoxy) is 1. The van der Waals surface area contributed by atoms with Gasteiger partial charge < -0.3 is 29.6 Å². The molecule has 0 unspecified atom stereocenters. The second-order valence-electron chi connectivity index (χ2n) is 10.1. The normalized spacial score (nSPS) is 24.0. The number of carbonyl (C=O) groups is 2. The summed E-state index contributed by atoms with van der Waals surface area (Å²) in [5, 5.41) is 23.1. The fourth-order valence-corrected chi connectivity index (χ4v) is 6.16. The van der Waals surface area contributed by atoms with Crippen LogP contribution in [0.2, 0.25) is 0 Å². The van der Waals surface area contributed by atoms with E-state index >= 15 is 0 Å². The Morgan fingerprint density at radius 1 is 1.26 bits per heavy atom. The molecule has 0 aromatic carbocycles. The number of nitrogens with zero attached hydrogens (tertiary/aromatic N) is 1. The number of likely N-dealkylation sites (tertiary alicyclic amines) is 1. The Balaban J connectivity index is 1.85. The number of aryl methyl sites for hydroxylation is 1. The third-order valence-corrected chi connectivity index (χ3v) is 7.78. The van der Waals surface area contributed by atoms with E-state index in [9.17, 15) is 33.0 Å². The molecule has 2 aliphatic rings. The molecule has 3 rings (SSSR count). The average molecular weight is 501 g/mol. The maximum Gasteiger partial charge on any atom is 0.410 e. The summed E-state index contributed by atoms with van der Waals surface area (Å²) in [6, 6.07) is 0.192. The summed E-state index contributed by atoms with van der Waals surface area (Å²) in [5.74, 6) is -1.76. The van der Waals surface area contributed by atoms with Gasteiger partial charge in [-0.1, -0.05) is 0 Å². The Labute approximate surface area is 198 Å². The van der Waals surface area contributed by atoms with E-state index in [1.807, 2.05) is 0 Å². The van der Waals surface area contributed by atoms with Gasteiger partial charge in [-0.2, -0.15) is 0 Å². The zero-order valence-electron chi connectivity index (χ0n) is 19.8. The molecule has 2 atom stereocenters. The van der Waals surface area contributed by atoms with Gasteiger partial charge in [0.25, 0.3) is 0 Å². The number of hydrogen-bond acceptors (Lipinski definition) is 9. The fourth-order valence-electron chi connectivity index (χ4n) is 4.42. The molecule has 0 bridgehead atoms. The van der Waals surface area contributed by atoms with Gasteiger partial charge in [-0.05, 0) is 40.5 Å². The lowest BCUT2D eigenvalue weighted by Gasteiger charge is -2.41. The topological polar surface area (TPSA) is 163 Å². The van der Waals surface area contributed by atoms with Crippen LogP contribution in [0.3, 0.4) is 0 Å². The second kappa shape index (κ2) is 9.21. The number of nitrogens with one attached hydrogen (secondary N) is 1. The van der Waals surface area contributed by atoms with Gasteiger partial charge in [0.15, 0.2) is 15.6 Å². The van der Waals surface area contributed by atoms with E-state index in [1.54, 1.807) is 27.7 Å². The zero-order chi connectivity index (χ0) is 25.5. The Morgan fingerprint density at radius 3 is 2.41 bits per heavy atom. The molecule has 2 saturated heterocycles. The van der Waals surface area contributed by atoms with Crippen LogP contribution in [-0.2, 0) is 24.8 Å². The summed E-state index contributed by atoms with van der Waals surface area (Å²) < 4.78 is 34.7. The van der Waals surface area contributed by atoms with Crippen molar-refractivity contribution in [2.75, 3.05) is 24.6 Å². The standard InChI is InChI=1S/C22H32N2O9S/c1-13-9-15(25)18(28)19(32-13)22(5-7-24(8-6-22)20(29)33-21(2,3)4)10-17(27)23-14-11-34(30,31)12-16(14)26/h9,14,16,26,28H,5-8,10-12H2,1-4H3,(H,23,27)/t14-,16+/m0/s1. The molecule has 3 N–H and O–H groups in total. The monoisotopic (exact) mass is 500 g/mol. The van der Waals surface area contributed by atoms with Gasteiger partial charge in [0.1, 0.15) is 11.4 Å². The lowest BCUT2D eigenvalue weighted by atomic mass is 9.72. The van der Waals surface area contributed by atoms with Gasteiger partial charge in [0.05, 0.1) is 23.7 Å². The average Bonchev–Trinajstić information content (AvgIpc) is 2.94. The third-order valence-electron chi connectivity index (χ3n) is 6.07. The molecule has 1 aromatic rings. The van der Waals surface area contributed by atoms with Gasteiger partial charge in [-0.3, -0.25) is 9.59 Å². The number of amides is 2. The molecule has 0 saturated carbocycles. The molecule has 2 fully saturated rings. The second-order valence-corrected chi connectivity index (χ2v) is 12.3. The maximum absolute atomic E-state index is 13.0. The number of aliphatic hydroxyl groups excluding tert-OH is 1. The molecule has 0 aliphatic carbocycles. The summed E-state index contributed by atoms with van der Waals surface area (Å²) in [4.78, 5) is 39.2. The highest BCUT2D eigenvalue weighted by molar-refractivity contribution is 7.91. The van der Waals surface area contributed by atoms with E-state index in [-0.39, 0.29) is 49.6 Å². The number of aliphatic hydroxyl groups is 1. The van der Waals surface area contributed by atoms with Crippen LogP contribution in [0.15, 0.2) is 15.3 Å². The van der Waals surface area contributed by atoms with Crippen molar-refractivity contribution in [3.8, 4) is 5.75 Å². The molecule has 2 amide bonds. The predicted octanol–water partition coefficient (Wildman–Crippen LogP) is 0.587. The Hall–Kier alpha value is -2.60. The van der Waals surface area contributed by atoms with Crippen molar-refractivity contribution in [2.45, 2.75) is 70.1 Å². The van der Waals surface area contributed by atoms with Crippen LogP contribution < -0.4 is 10.7 Å². The number of piperidine rings is 1. The third kappa shape index (κ3) is 5.90. The number of aromatic hydroxyl groups is 1. The van der Waals surface area contributed by atoms with Crippen molar-refractivity contribution in [1.29, 1.82) is 0 Å². The quantitative estimate of drug-likeness (QED) is 0.537. The van der Waals surface area contributed by atoms with Crippen molar-refractivity contribution in [3.63, 3.8) is 0 Å². The van der Waals surface area contributed by atoms with Gasteiger partial charge >= 0.3 is 6.09 Å². The van der Waals surface area contributed by atoms with Crippen molar-refractivity contribution < 1.29 is 37.4 Å². The predicted molar refractivity (Wildman–Crippen MR) is 121 cm³/mol. The molecule has 0 spiro atoms. The van der Waals surface area contributed by atoms with Crippen LogP contribution in [0, 0.1) is 6.92 Å². The Bertz CT molecular complexity index is 1110. The maximum atomic E-state index is 13.0. The summed E-state index contributed by atoms with van der Waals surface area (Å²) in [6.07, 6.45) is -1.60. The van der Waals surface area contributed by atoms with Crippen LogP contribution in [-0.4, -0.2) is 77.9 Å². The molecule has 11 nitrogen and oxygen atoms in total. The van der Waals surface area contributed by atoms with Gasteiger partial charge in [0, 0.05) is 31.0 Å². The smallest absolute Gasteiger partial charge is 0.410 e. The molecular formula is C22H32N2O9S. The van der Waals surface area contributed by atoms with E-state index in [2.05, 4.69) is 5.32 Å². The molecule has 0 radical (unpaired) electrons. The number of carbonyl (C=O) groups excluding carboxylic acids is 2. The Morgan fingerprint density at radius 2 is 1.88 bits per heavy atom. The molecule has 34 heavy (non-hydrogen) atoms. The molecule has 12 heteroatoms. The SMILES string of the molecule is Cc1cc(=O)c(O)c(C2(CC(=O)N[C@H]3CS(=O)(=O)C[C@H]3O)CCN(C(=O)OC(C)(C)C)CC2)o1. The van der Waals surface area contributed by atoms with E-state index in [0.29, 0.717) is 0 Å². The minimum Gasteiger partial charge on any atom is -0.502 e. The van der Waals surface area contributed by atoms with Crippen LogP contribution in [0.25, 0.3) is 0 Å². The van der Waals surface area contributed by atoms with Crippen LogP contribution in [0.4, 0.5) is 4.79 Å². The highest BCUT2D eigenvalue weighted by Gasteiger charge is 2.45. The molecule has 3 heterocycles. The van der Waals surface area contributed by atoms with Crippen molar-refractivity contribution in [1.82, 2.24) is 10.2 Å². The van der Waals surface area contributed by atoms with Crippen molar-refractivity contribution in [2.24, 2.45) is 0 Å². The summed E-state index contributed by atoms with van der Waals surface area (Å²) in [7, 11) is -3.46. The minimum absolute atomic E-state index is 0.0453. The van der Waals surface area contributed by atoms with E-state index < -0.39 is 61.9 Å². The molecular weight excluding hydrogens is 468 g/mol. The lowest BCUT2D eigenvalue weighted by Crippen LogP contribution is -2.50. The summed E-state index contributed by atoms with van der Waals surface area (Å²) >= 11 is 0. The first-order valence-corrected chi connectivity index (χ1v) is 12.9. The van der Waals surface area contributed by atoms with Gasteiger partial charge in [0.2, 0.25) is 17.1 Å². The number of hydrogen-bond donors (Lipinski definition) is 3. The van der Waals surface area contributed by atoms with E-state index in [4.69, 9.17) is 9.15 Å². The first-order chi connectivity index (χ1) is 15.6. The van der Waals surface area contributed by atoms with Crippen molar-refractivity contribution in [3.05, 3.63) is 27.8 Å². The molecule has 1 aromatic heterocycles. The van der Waals surface area contributed by atoms with Crippen LogP contribution >= 0.6 is 0 Å². The lowest BCUT2D eigenvalue weighted by molar-refractivity contribution is -0.124. The first kappa shape index (κ1) is 26.0. The van der Waals surface area contributed by atoms with Gasteiger partial charge in [-0.25, -0.2) is 13.2 Å². The Kier molecular flexibility index (Phi) is 7.05. The number of sulfone groups is 1. The van der Waals surface area contributed by atoms with Gasteiger partial charge in [-0.15, -0.1) is 0 Å². The van der Waals surface area contributed by atoms with Crippen molar-refractivity contribution >= 4 is 21.8 Å². The zero-order valence-corrected chi connectivity index (χ0v) is 20.6. The van der Waals surface area contributed by atoms with Crippen LogP contribution in [0.1, 0.15) is 51.6 Å². The van der Waals surface area contributed by atoms with E-state index in [0.717, 1.165) is 6.07 Å². The highest BCUT2D eigenvalue weighted by Crippen LogP contribution is 2.42. The fraction of sp³-hybridized carbons (Fsp3) is 0.682.